The number of rotatable bonds is 2. The molecule has 0 aromatic heterocycles. The van der Waals surface area contributed by atoms with Gasteiger partial charge in [-0.3, -0.25) is 10.5 Å². The van der Waals surface area contributed by atoms with E-state index in [0.717, 1.165) is 25.7 Å². The summed E-state index contributed by atoms with van der Waals surface area (Å²) in [6.07, 6.45) is 5.25. The Labute approximate surface area is 97.1 Å². The zero-order valence-corrected chi connectivity index (χ0v) is 9.83. The quantitative estimate of drug-likeness (QED) is 0.706. The molecule has 0 spiro atoms. The average molecular weight is 225 g/mol. The Morgan fingerprint density at radius 2 is 1.81 bits per heavy atom. The van der Waals surface area contributed by atoms with Gasteiger partial charge in [0.1, 0.15) is 0 Å². The number of hydrogen-bond donors (Lipinski definition) is 0. The summed E-state index contributed by atoms with van der Waals surface area (Å²) in [4.78, 5) is 14.4. The molecule has 2 rings (SSSR count). The Balaban J connectivity index is 2.04. The first-order valence-electron chi connectivity index (χ1n) is 6.30. The van der Waals surface area contributed by atoms with E-state index in [1.807, 2.05) is 4.90 Å². The van der Waals surface area contributed by atoms with Gasteiger partial charge in [-0.25, -0.2) is 0 Å². The summed E-state index contributed by atoms with van der Waals surface area (Å²) in [5.74, 6) is 0.213. The number of nitrogens with one attached hydrogen (secondary N) is 1. The van der Waals surface area contributed by atoms with Crippen molar-refractivity contribution >= 4 is 5.91 Å². The summed E-state index contributed by atoms with van der Waals surface area (Å²) < 4.78 is 5.26. The molecule has 4 heteroatoms. The Morgan fingerprint density at radius 3 is 2.38 bits per heavy atom. The molecule has 16 heavy (non-hydrogen) atoms. The topological polar surface area (TPSA) is 53.3 Å². The fraction of sp³-hybridized carbons (Fsp3) is 0.917. The molecular weight excluding hydrogens is 204 g/mol. The second-order valence-corrected chi connectivity index (χ2v) is 4.92. The van der Waals surface area contributed by atoms with Crippen molar-refractivity contribution in [3.8, 4) is 0 Å². The molecule has 1 saturated carbocycles. The standard InChI is InChI=1S/C12H21N2O2/c13-10-12(4-2-1-3-5-12)11(15)14-6-8-16-9-7-14/h13H,1-10H2. The molecule has 1 heterocycles. The van der Waals surface area contributed by atoms with E-state index >= 15 is 0 Å². The van der Waals surface area contributed by atoms with Crippen molar-refractivity contribution in [2.75, 3.05) is 32.8 Å². The van der Waals surface area contributed by atoms with Crippen LogP contribution in [0.3, 0.4) is 0 Å². The maximum atomic E-state index is 12.5. The van der Waals surface area contributed by atoms with Gasteiger partial charge in [-0.1, -0.05) is 19.3 Å². The highest BCUT2D eigenvalue weighted by Gasteiger charge is 2.41. The minimum Gasteiger partial charge on any atom is -0.378 e. The van der Waals surface area contributed by atoms with Gasteiger partial charge in [-0.2, -0.15) is 0 Å². The molecule has 1 radical (unpaired) electrons. The largest absolute Gasteiger partial charge is 0.378 e. The molecule has 2 aliphatic rings. The predicted molar refractivity (Wildman–Crippen MR) is 60.9 cm³/mol. The maximum absolute atomic E-state index is 12.5. The lowest BCUT2D eigenvalue weighted by atomic mass is 9.73. The van der Waals surface area contributed by atoms with Crippen LogP contribution < -0.4 is 5.73 Å². The van der Waals surface area contributed by atoms with E-state index < -0.39 is 0 Å². The Morgan fingerprint density at radius 1 is 1.19 bits per heavy atom. The summed E-state index contributed by atoms with van der Waals surface area (Å²) in [5.41, 5.74) is 7.35. The van der Waals surface area contributed by atoms with E-state index in [1.165, 1.54) is 6.42 Å². The van der Waals surface area contributed by atoms with Gasteiger partial charge in [0.2, 0.25) is 5.91 Å². The van der Waals surface area contributed by atoms with Gasteiger partial charge in [-0.15, -0.1) is 0 Å². The summed E-state index contributed by atoms with van der Waals surface area (Å²) >= 11 is 0. The third-order valence-corrected chi connectivity index (χ3v) is 3.90. The van der Waals surface area contributed by atoms with Crippen LogP contribution in [-0.2, 0) is 9.53 Å². The van der Waals surface area contributed by atoms with Gasteiger partial charge in [0.15, 0.2) is 0 Å². The molecule has 1 aliphatic heterocycles. The number of ether oxygens (including phenoxy) is 1. The van der Waals surface area contributed by atoms with Gasteiger partial charge in [-0.05, 0) is 12.8 Å². The highest BCUT2D eigenvalue weighted by molar-refractivity contribution is 5.83. The third kappa shape index (κ3) is 2.23. The molecule has 4 nitrogen and oxygen atoms in total. The van der Waals surface area contributed by atoms with Crippen LogP contribution in [0.5, 0.6) is 0 Å². The van der Waals surface area contributed by atoms with Crippen molar-refractivity contribution in [3.63, 3.8) is 0 Å². The van der Waals surface area contributed by atoms with Crippen LogP contribution in [0.4, 0.5) is 0 Å². The molecule has 1 amide bonds. The monoisotopic (exact) mass is 225 g/mol. The lowest BCUT2D eigenvalue weighted by Gasteiger charge is -2.40. The summed E-state index contributed by atoms with van der Waals surface area (Å²) in [5, 5.41) is 0. The van der Waals surface area contributed by atoms with Gasteiger partial charge >= 0.3 is 0 Å². The van der Waals surface area contributed by atoms with Crippen molar-refractivity contribution in [1.82, 2.24) is 10.6 Å². The van der Waals surface area contributed by atoms with Gasteiger partial charge in [0.05, 0.1) is 18.6 Å². The second kappa shape index (κ2) is 5.15. The Bertz CT molecular complexity index is 243. The number of hydrogen-bond acceptors (Lipinski definition) is 2. The zero-order chi connectivity index (χ0) is 11.4. The highest BCUT2D eigenvalue weighted by atomic mass is 16.5. The van der Waals surface area contributed by atoms with E-state index in [9.17, 15) is 4.79 Å². The minimum atomic E-state index is -0.365. The maximum Gasteiger partial charge on any atom is 0.230 e. The fourth-order valence-electron chi connectivity index (χ4n) is 2.80. The molecule has 0 unspecified atom stereocenters. The molecule has 0 bridgehead atoms. The lowest BCUT2D eigenvalue weighted by Crippen LogP contribution is -2.51. The molecule has 1 aliphatic carbocycles. The van der Waals surface area contributed by atoms with Crippen molar-refractivity contribution < 1.29 is 9.53 Å². The van der Waals surface area contributed by atoms with E-state index in [0.29, 0.717) is 26.3 Å². The Hall–Kier alpha value is -0.610. The molecule has 1 N–H and O–H groups in total. The van der Waals surface area contributed by atoms with Gasteiger partial charge < -0.3 is 9.64 Å². The SMILES string of the molecule is [NH]CC1(C(=O)N2CCOCC2)CCCCC1. The fourth-order valence-corrected chi connectivity index (χ4v) is 2.80. The van der Waals surface area contributed by atoms with E-state index in [-0.39, 0.29) is 17.9 Å². The first-order chi connectivity index (χ1) is 7.78. The molecule has 1 saturated heterocycles. The van der Waals surface area contributed by atoms with Crippen molar-refractivity contribution in [3.05, 3.63) is 0 Å². The van der Waals surface area contributed by atoms with Crippen LogP contribution >= 0.6 is 0 Å². The number of morpholine rings is 1. The number of amides is 1. The lowest BCUT2D eigenvalue weighted by molar-refractivity contribution is -0.147. The molecule has 0 aromatic rings. The van der Waals surface area contributed by atoms with E-state index in [1.54, 1.807) is 0 Å². The van der Waals surface area contributed by atoms with Crippen LogP contribution in [0.25, 0.3) is 0 Å². The van der Waals surface area contributed by atoms with Crippen LogP contribution in [0.1, 0.15) is 32.1 Å². The molecule has 0 aromatic carbocycles. The second-order valence-electron chi connectivity index (χ2n) is 4.92. The predicted octanol–water partition coefficient (Wildman–Crippen LogP) is 1.08. The van der Waals surface area contributed by atoms with E-state index in [4.69, 9.17) is 10.5 Å². The van der Waals surface area contributed by atoms with Crippen molar-refractivity contribution in [2.24, 2.45) is 5.41 Å². The van der Waals surface area contributed by atoms with Crippen LogP contribution in [0.15, 0.2) is 0 Å². The zero-order valence-electron chi connectivity index (χ0n) is 9.83. The molecular formula is C12H21N2O2. The molecule has 2 fully saturated rings. The van der Waals surface area contributed by atoms with Crippen molar-refractivity contribution in [1.29, 1.82) is 0 Å². The summed E-state index contributed by atoms with van der Waals surface area (Å²) in [6.45, 7) is 2.98. The van der Waals surface area contributed by atoms with E-state index in [2.05, 4.69) is 0 Å². The third-order valence-electron chi connectivity index (χ3n) is 3.90. The first kappa shape index (κ1) is 11.9. The number of carbonyl (C=O) groups excluding carboxylic acids is 1. The normalized spacial score (nSPS) is 25.4. The number of nitrogens with zero attached hydrogens (tertiary/aromatic N) is 1. The van der Waals surface area contributed by atoms with Crippen LogP contribution in [-0.4, -0.2) is 43.7 Å². The molecule has 91 valence electrons. The van der Waals surface area contributed by atoms with Gasteiger partial charge in [0, 0.05) is 19.6 Å². The Kier molecular flexibility index (Phi) is 3.82. The van der Waals surface area contributed by atoms with Gasteiger partial charge in [0.25, 0.3) is 0 Å². The smallest absolute Gasteiger partial charge is 0.230 e. The van der Waals surface area contributed by atoms with Crippen LogP contribution in [0, 0.1) is 5.41 Å². The number of carbonyl (C=O) groups is 1. The minimum absolute atomic E-state index is 0.213. The van der Waals surface area contributed by atoms with Crippen molar-refractivity contribution in [2.45, 2.75) is 32.1 Å². The molecule has 0 atom stereocenters. The summed E-state index contributed by atoms with van der Waals surface area (Å²) in [7, 11) is 0. The highest BCUT2D eigenvalue weighted by Crippen LogP contribution is 2.37. The summed E-state index contributed by atoms with van der Waals surface area (Å²) in [6, 6.07) is 0. The average Bonchev–Trinajstić information content (AvgIpc) is 2.39. The first-order valence-corrected chi connectivity index (χ1v) is 6.30. The van der Waals surface area contributed by atoms with Crippen LogP contribution in [0.2, 0.25) is 0 Å².